The van der Waals surface area contributed by atoms with E-state index in [9.17, 15) is 4.79 Å². The maximum Gasteiger partial charge on any atom is 0.309 e. The SMILES string of the molecule is CCCN1c2c(ccc(C)c2C)OC1CC(=O)O. The minimum absolute atomic E-state index is 0.00711. The topological polar surface area (TPSA) is 49.8 Å². The molecule has 0 spiro atoms. The number of nitrogens with zero attached hydrogens (tertiary/aromatic N) is 1. The number of rotatable bonds is 4. The van der Waals surface area contributed by atoms with Crippen molar-refractivity contribution in [2.75, 3.05) is 11.4 Å². The maximum atomic E-state index is 10.9. The van der Waals surface area contributed by atoms with Crippen molar-refractivity contribution >= 4 is 11.7 Å². The van der Waals surface area contributed by atoms with Crippen LogP contribution in [0, 0.1) is 13.8 Å². The molecule has 0 saturated heterocycles. The van der Waals surface area contributed by atoms with Crippen LogP contribution in [0.3, 0.4) is 0 Å². The van der Waals surface area contributed by atoms with Crippen LogP contribution in [0.15, 0.2) is 12.1 Å². The zero-order valence-corrected chi connectivity index (χ0v) is 11.1. The quantitative estimate of drug-likeness (QED) is 0.891. The molecule has 0 radical (unpaired) electrons. The molecule has 1 heterocycles. The highest BCUT2D eigenvalue weighted by molar-refractivity contribution is 5.73. The van der Waals surface area contributed by atoms with Crippen LogP contribution in [0.5, 0.6) is 5.75 Å². The van der Waals surface area contributed by atoms with E-state index < -0.39 is 5.97 Å². The van der Waals surface area contributed by atoms with E-state index in [1.54, 1.807) is 0 Å². The minimum atomic E-state index is -0.830. The van der Waals surface area contributed by atoms with Gasteiger partial charge in [0, 0.05) is 6.54 Å². The average molecular weight is 249 g/mol. The lowest BCUT2D eigenvalue weighted by molar-refractivity contribution is -0.138. The summed E-state index contributed by atoms with van der Waals surface area (Å²) in [6.07, 6.45) is 0.595. The smallest absolute Gasteiger partial charge is 0.309 e. The van der Waals surface area contributed by atoms with Gasteiger partial charge in [0.15, 0.2) is 6.23 Å². The predicted molar refractivity (Wildman–Crippen MR) is 70.2 cm³/mol. The van der Waals surface area contributed by atoms with Crippen LogP contribution in [0.4, 0.5) is 5.69 Å². The molecule has 0 bridgehead atoms. The molecule has 2 rings (SSSR count). The summed E-state index contributed by atoms with van der Waals surface area (Å²) in [5, 5.41) is 8.96. The second-order valence-corrected chi connectivity index (χ2v) is 4.72. The molecular weight excluding hydrogens is 230 g/mol. The van der Waals surface area contributed by atoms with E-state index in [-0.39, 0.29) is 12.6 Å². The first-order chi connectivity index (χ1) is 8.54. The van der Waals surface area contributed by atoms with Crippen molar-refractivity contribution in [3.63, 3.8) is 0 Å². The number of hydrogen-bond donors (Lipinski definition) is 1. The molecule has 1 aromatic carbocycles. The Morgan fingerprint density at radius 1 is 1.44 bits per heavy atom. The molecule has 1 atom stereocenters. The first-order valence-electron chi connectivity index (χ1n) is 6.30. The van der Waals surface area contributed by atoms with Gasteiger partial charge in [-0.3, -0.25) is 4.79 Å². The predicted octanol–water partition coefficient (Wildman–Crippen LogP) is 2.71. The number of benzene rings is 1. The fourth-order valence-electron chi connectivity index (χ4n) is 2.38. The highest BCUT2D eigenvalue weighted by atomic mass is 16.5. The zero-order valence-electron chi connectivity index (χ0n) is 11.1. The molecule has 0 saturated carbocycles. The van der Waals surface area contributed by atoms with Crippen molar-refractivity contribution in [1.29, 1.82) is 0 Å². The number of carbonyl (C=O) groups is 1. The molecule has 0 aromatic heterocycles. The number of carboxylic acids is 1. The van der Waals surface area contributed by atoms with Crippen LogP contribution in [-0.4, -0.2) is 23.8 Å². The van der Waals surface area contributed by atoms with Gasteiger partial charge in [0.2, 0.25) is 0 Å². The summed E-state index contributed by atoms with van der Waals surface area (Å²) in [5.41, 5.74) is 3.44. The standard InChI is InChI=1S/C14H19NO3/c1-4-7-15-12(8-13(16)17)18-11-6-5-9(2)10(3)14(11)15/h5-6,12H,4,7-8H2,1-3H3,(H,16,17). The molecule has 1 aliphatic rings. The number of fused-ring (bicyclic) bond motifs is 1. The van der Waals surface area contributed by atoms with Gasteiger partial charge in [-0.15, -0.1) is 0 Å². The van der Waals surface area contributed by atoms with Gasteiger partial charge < -0.3 is 14.7 Å². The molecule has 1 aromatic rings. The molecule has 1 aliphatic heterocycles. The number of aryl methyl sites for hydroxylation is 1. The molecule has 4 heteroatoms. The maximum absolute atomic E-state index is 10.9. The first kappa shape index (κ1) is 12.7. The molecule has 18 heavy (non-hydrogen) atoms. The van der Waals surface area contributed by atoms with Gasteiger partial charge in [-0.25, -0.2) is 0 Å². The Morgan fingerprint density at radius 2 is 2.17 bits per heavy atom. The van der Waals surface area contributed by atoms with Gasteiger partial charge in [0.25, 0.3) is 0 Å². The fraction of sp³-hybridized carbons (Fsp3) is 0.500. The largest absolute Gasteiger partial charge is 0.481 e. The van der Waals surface area contributed by atoms with Crippen LogP contribution < -0.4 is 9.64 Å². The number of carboxylic acid groups (broad SMARTS) is 1. The molecule has 0 amide bonds. The summed E-state index contributed by atoms with van der Waals surface area (Å²) in [6.45, 7) is 7.02. The molecule has 1 N–H and O–H groups in total. The van der Waals surface area contributed by atoms with Crippen molar-refractivity contribution < 1.29 is 14.6 Å². The van der Waals surface area contributed by atoms with Gasteiger partial charge in [0.1, 0.15) is 12.2 Å². The van der Waals surface area contributed by atoms with E-state index >= 15 is 0 Å². The average Bonchev–Trinajstić information content (AvgIpc) is 2.63. The van der Waals surface area contributed by atoms with Crippen molar-refractivity contribution in [2.24, 2.45) is 0 Å². The van der Waals surface area contributed by atoms with Crippen LogP contribution >= 0.6 is 0 Å². The third kappa shape index (κ3) is 2.15. The highest BCUT2D eigenvalue weighted by Crippen LogP contribution is 2.41. The number of aliphatic carboxylic acids is 1. The van der Waals surface area contributed by atoms with E-state index in [0.29, 0.717) is 0 Å². The van der Waals surface area contributed by atoms with Gasteiger partial charge >= 0.3 is 5.97 Å². The lowest BCUT2D eigenvalue weighted by Gasteiger charge is -2.24. The fourth-order valence-corrected chi connectivity index (χ4v) is 2.38. The summed E-state index contributed by atoms with van der Waals surface area (Å²) in [5.74, 6) is -0.0268. The molecule has 98 valence electrons. The lowest BCUT2D eigenvalue weighted by atomic mass is 10.1. The Morgan fingerprint density at radius 3 is 2.78 bits per heavy atom. The van der Waals surface area contributed by atoms with E-state index in [2.05, 4.69) is 25.7 Å². The van der Waals surface area contributed by atoms with Crippen molar-refractivity contribution in [3.8, 4) is 5.75 Å². The van der Waals surface area contributed by atoms with Crippen LogP contribution in [-0.2, 0) is 4.79 Å². The Hall–Kier alpha value is -1.71. The molecule has 1 unspecified atom stereocenters. The Labute approximate surface area is 107 Å². The van der Waals surface area contributed by atoms with Crippen molar-refractivity contribution in [2.45, 2.75) is 39.8 Å². The first-order valence-corrected chi connectivity index (χ1v) is 6.30. The second-order valence-electron chi connectivity index (χ2n) is 4.72. The summed E-state index contributed by atoms with van der Waals surface area (Å²) < 4.78 is 5.76. The second kappa shape index (κ2) is 4.88. The number of anilines is 1. The molecule has 4 nitrogen and oxygen atoms in total. The third-order valence-electron chi connectivity index (χ3n) is 3.38. The zero-order chi connectivity index (χ0) is 13.3. The van der Waals surface area contributed by atoms with Gasteiger partial charge in [-0.2, -0.15) is 0 Å². The molecule has 0 aliphatic carbocycles. The molecular formula is C14H19NO3. The van der Waals surface area contributed by atoms with Gasteiger partial charge in [-0.05, 0) is 37.5 Å². The van der Waals surface area contributed by atoms with E-state index in [1.165, 1.54) is 11.1 Å². The third-order valence-corrected chi connectivity index (χ3v) is 3.38. The van der Waals surface area contributed by atoms with E-state index in [4.69, 9.17) is 9.84 Å². The molecule has 0 fully saturated rings. The lowest BCUT2D eigenvalue weighted by Crippen LogP contribution is -2.37. The van der Waals surface area contributed by atoms with Gasteiger partial charge in [0.05, 0.1) is 5.69 Å². The van der Waals surface area contributed by atoms with E-state index in [1.807, 2.05) is 12.1 Å². The monoisotopic (exact) mass is 249 g/mol. The number of ether oxygens (including phenoxy) is 1. The van der Waals surface area contributed by atoms with Crippen LogP contribution in [0.2, 0.25) is 0 Å². The highest BCUT2D eigenvalue weighted by Gasteiger charge is 2.33. The summed E-state index contributed by atoms with van der Waals surface area (Å²) in [4.78, 5) is 13.0. The van der Waals surface area contributed by atoms with Crippen LogP contribution in [0.1, 0.15) is 30.9 Å². The van der Waals surface area contributed by atoms with Crippen molar-refractivity contribution in [1.82, 2.24) is 0 Å². The Bertz CT molecular complexity index is 470. The van der Waals surface area contributed by atoms with Crippen LogP contribution in [0.25, 0.3) is 0 Å². The number of hydrogen-bond acceptors (Lipinski definition) is 3. The normalized spacial score (nSPS) is 17.5. The Kier molecular flexibility index (Phi) is 3.45. The Balaban J connectivity index is 2.37. The van der Waals surface area contributed by atoms with Gasteiger partial charge in [-0.1, -0.05) is 13.0 Å². The summed E-state index contributed by atoms with van der Waals surface area (Å²) in [6, 6.07) is 3.95. The van der Waals surface area contributed by atoms with Crippen molar-refractivity contribution in [3.05, 3.63) is 23.3 Å². The van der Waals surface area contributed by atoms with E-state index in [0.717, 1.165) is 24.4 Å². The summed E-state index contributed by atoms with van der Waals surface area (Å²) in [7, 11) is 0. The summed E-state index contributed by atoms with van der Waals surface area (Å²) >= 11 is 0. The minimum Gasteiger partial charge on any atom is -0.481 e.